The van der Waals surface area contributed by atoms with Crippen molar-refractivity contribution in [3.63, 3.8) is 0 Å². The number of nitrogens with zero attached hydrogens (tertiary/aromatic N) is 5. The Morgan fingerprint density at radius 1 is 1.13 bits per heavy atom. The molecule has 1 heterocycles. The molecular formula is C21H22F3N5O. The number of hydrogen-bond acceptors (Lipinski definition) is 6. The quantitative estimate of drug-likeness (QED) is 0.501. The van der Waals surface area contributed by atoms with Crippen LogP contribution < -0.4 is 5.01 Å². The van der Waals surface area contributed by atoms with Crippen LogP contribution in [0.2, 0.25) is 0 Å². The summed E-state index contributed by atoms with van der Waals surface area (Å²) in [5.74, 6) is 0. The van der Waals surface area contributed by atoms with Gasteiger partial charge in [-0.15, -0.1) is 0 Å². The Hall–Kier alpha value is -3.10. The smallest absolute Gasteiger partial charge is 0.391 e. The molecule has 0 N–H and O–H groups in total. The van der Waals surface area contributed by atoms with E-state index in [0.29, 0.717) is 11.4 Å². The molecule has 0 atom stereocenters. The molecule has 1 aliphatic heterocycles. The predicted molar refractivity (Wildman–Crippen MR) is 107 cm³/mol. The molecule has 2 aromatic rings. The highest BCUT2D eigenvalue weighted by atomic mass is 19.4. The normalized spacial score (nSPS) is 16.4. The summed E-state index contributed by atoms with van der Waals surface area (Å²) in [6.45, 7) is 1.71. The van der Waals surface area contributed by atoms with Crippen LogP contribution in [0.1, 0.15) is 41.2 Å². The number of rotatable bonds is 5. The first-order chi connectivity index (χ1) is 14.3. The number of fused-ring (bicyclic) bond motifs is 1. The first kappa shape index (κ1) is 20.2. The standard InChI is InChI=1S/C21H22F3N5O/c1-14(16-10-9-15-5-3-6-17(15)11-16)25-30-12-18-19(21(22,23)24)7-4-8-20(18)29-13-28(2)26-27-29/h4,7-11H,3,5-6,12-13H2,1-2H3. The Morgan fingerprint density at radius 2 is 1.93 bits per heavy atom. The largest absolute Gasteiger partial charge is 0.416 e. The molecule has 0 saturated carbocycles. The van der Waals surface area contributed by atoms with Gasteiger partial charge in [-0.3, -0.25) is 5.01 Å². The van der Waals surface area contributed by atoms with Crippen molar-refractivity contribution >= 4 is 11.4 Å². The zero-order chi connectivity index (χ0) is 21.3. The molecule has 0 amide bonds. The van der Waals surface area contributed by atoms with Crippen molar-refractivity contribution < 1.29 is 18.0 Å². The van der Waals surface area contributed by atoms with Gasteiger partial charge in [0.2, 0.25) is 0 Å². The van der Waals surface area contributed by atoms with Gasteiger partial charge in [0.15, 0.2) is 0 Å². The number of hydrogen-bond donors (Lipinski definition) is 0. The van der Waals surface area contributed by atoms with Crippen LogP contribution in [0.4, 0.5) is 18.9 Å². The summed E-state index contributed by atoms with van der Waals surface area (Å²) in [4.78, 5) is 5.39. The van der Waals surface area contributed by atoms with E-state index in [1.807, 2.05) is 6.07 Å². The van der Waals surface area contributed by atoms with E-state index >= 15 is 0 Å². The van der Waals surface area contributed by atoms with E-state index in [1.54, 1.807) is 20.0 Å². The lowest BCUT2D eigenvalue weighted by Gasteiger charge is -2.20. The van der Waals surface area contributed by atoms with Crippen LogP contribution in [0.15, 0.2) is 52.0 Å². The Kier molecular flexibility index (Phi) is 5.36. The second-order valence-corrected chi connectivity index (χ2v) is 7.47. The third-order valence-electron chi connectivity index (χ3n) is 5.30. The summed E-state index contributed by atoms with van der Waals surface area (Å²) in [5.41, 5.74) is 3.69. The monoisotopic (exact) mass is 417 g/mol. The van der Waals surface area contributed by atoms with E-state index in [-0.39, 0.29) is 18.8 Å². The molecule has 4 rings (SSSR count). The van der Waals surface area contributed by atoms with Crippen LogP contribution in [-0.4, -0.2) is 24.4 Å². The molecule has 1 aliphatic carbocycles. The summed E-state index contributed by atoms with van der Waals surface area (Å²) < 4.78 is 40.8. The minimum atomic E-state index is -4.52. The van der Waals surface area contributed by atoms with Crippen molar-refractivity contribution in [3.05, 3.63) is 64.2 Å². The fourth-order valence-corrected chi connectivity index (χ4v) is 3.77. The average molecular weight is 417 g/mol. The van der Waals surface area contributed by atoms with E-state index in [4.69, 9.17) is 4.84 Å². The highest BCUT2D eigenvalue weighted by Gasteiger charge is 2.35. The van der Waals surface area contributed by atoms with Gasteiger partial charge in [-0.1, -0.05) is 28.6 Å². The van der Waals surface area contributed by atoms with Crippen LogP contribution in [0.25, 0.3) is 0 Å². The first-order valence-corrected chi connectivity index (χ1v) is 9.71. The maximum atomic E-state index is 13.6. The van der Waals surface area contributed by atoms with E-state index in [0.717, 1.165) is 30.9 Å². The lowest BCUT2D eigenvalue weighted by atomic mass is 10.0. The molecule has 0 unspecified atom stereocenters. The Morgan fingerprint density at radius 3 is 2.67 bits per heavy atom. The number of benzene rings is 2. The second kappa shape index (κ2) is 7.97. The number of oxime groups is 1. The number of halogens is 3. The van der Waals surface area contributed by atoms with Crippen LogP contribution in [-0.2, 0) is 30.5 Å². The van der Waals surface area contributed by atoms with Crippen LogP contribution in [0, 0.1) is 0 Å². The lowest BCUT2D eigenvalue weighted by molar-refractivity contribution is -0.138. The molecule has 0 aromatic heterocycles. The van der Waals surface area contributed by atoms with Gasteiger partial charge < -0.3 is 4.84 Å². The Balaban J connectivity index is 1.57. The minimum Gasteiger partial charge on any atom is -0.391 e. The van der Waals surface area contributed by atoms with Gasteiger partial charge in [0.05, 0.1) is 17.0 Å². The summed E-state index contributed by atoms with van der Waals surface area (Å²) in [7, 11) is 1.69. The highest BCUT2D eigenvalue weighted by Crippen LogP contribution is 2.37. The van der Waals surface area contributed by atoms with Crippen molar-refractivity contribution in [3.8, 4) is 0 Å². The molecule has 6 nitrogen and oxygen atoms in total. The molecule has 0 fully saturated rings. The zero-order valence-electron chi connectivity index (χ0n) is 16.8. The van der Waals surface area contributed by atoms with Crippen molar-refractivity contribution in [1.82, 2.24) is 5.01 Å². The third-order valence-corrected chi connectivity index (χ3v) is 5.30. The SMILES string of the molecule is CC(=NOCc1c(N2CN(C)N=N2)cccc1C(F)(F)F)c1ccc2c(c1)CCC2. The van der Waals surface area contributed by atoms with Crippen LogP contribution in [0.5, 0.6) is 0 Å². The number of alkyl halides is 3. The molecule has 0 spiro atoms. The van der Waals surface area contributed by atoms with Crippen LogP contribution >= 0.6 is 0 Å². The van der Waals surface area contributed by atoms with Gasteiger partial charge in [-0.2, -0.15) is 13.2 Å². The highest BCUT2D eigenvalue weighted by molar-refractivity contribution is 5.98. The predicted octanol–water partition coefficient (Wildman–Crippen LogP) is 5.13. The average Bonchev–Trinajstić information content (AvgIpc) is 3.35. The van der Waals surface area contributed by atoms with Gasteiger partial charge in [-0.25, -0.2) is 5.01 Å². The lowest BCUT2D eigenvalue weighted by Crippen LogP contribution is -2.24. The van der Waals surface area contributed by atoms with E-state index in [1.165, 1.54) is 27.2 Å². The fourth-order valence-electron chi connectivity index (χ4n) is 3.77. The van der Waals surface area contributed by atoms with Gasteiger partial charge >= 0.3 is 6.18 Å². The molecule has 0 bridgehead atoms. The van der Waals surface area contributed by atoms with E-state index in [9.17, 15) is 13.2 Å². The second-order valence-electron chi connectivity index (χ2n) is 7.47. The molecule has 9 heteroatoms. The molecule has 0 radical (unpaired) electrons. The Bertz CT molecular complexity index is 1000. The van der Waals surface area contributed by atoms with E-state index < -0.39 is 11.7 Å². The molecule has 158 valence electrons. The topological polar surface area (TPSA) is 52.8 Å². The summed E-state index contributed by atoms with van der Waals surface area (Å²) in [6, 6.07) is 10.1. The van der Waals surface area contributed by atoms with Crippen molar-refractivity contribution in [1.29, 1.82) is 0 Å². The summed E-state index contributed by atoms with van der Waals surface area (Å²) in [6.07, 6.45) is -1.25. The van der Waals surface area contributed by atoms with Crippen molar-refractivity contribution in [2.24, 2.45) is 15.6 Å². The third kappa shape index (κ3) is 4.10. The van der Waals surface area contributed by atoms with Crippen LogP contribution in [0.3, 0.4) is 0 Å². The number of aryl methyl sites for hydroxylation is 2. The number of anilines is 1. The molecule has 30 heavy (non-hydrogen) atoms. The fraction of sp³-hybridized carbons (Fsp3) is 0.381. The van der Waals surface area contributed by atoms with Crippen molar-refractivity contribution in [2.75, 3.05) is 18.7 Å². The molecule has 0 saturated heterocycles. The maximum Gasteiger partial charge on any atom is 0.416 e. The molecular weight excluding hydrogens is 395 g/mol. The minimum absolute atomic E-state index is 0.0234. The zero-order valence-corrected chi connectivity index (χ0v) is 16.8. The first-order valence-electron chi connectivity index (χ1n) is 9.71. The maximum absolute atomic E-state index is 13.6. The van der Waals surface area contributed by atoms with Gasteiger partial charge in [-0.05, 0) is 66.3 Å². The summed E-state index contributed by atoms with van der Waals surface area (Å²) in [5, 5.41) is 14.8. The van der Waals surface area contributed by atoms with E-state index in [2.05, 4.69) is 27.7 Å². The van der Waals surface area contributed by atoms with Gasteiger partial charge in [0.25, 0.3) is 0 Å². The van der Waals surface area contributed by atoms with Gasteiger partial charge in [0.1, 0.15) is 13.3 Å². The molecule has 2 aliphatic rings. The Labute approximate surface area is 172 Å². The van der Waals surface area contributed by atoms with Gasteiger partial charge in [0, 0.05) is 12.6 Å². The summed E-state index contributed by atoms with van der Waals surface area (Å²) >= 11 is 0. The van der Waals surface area contributed by atoms with Crippen molar-refractivity contribution in [2.45, 2.75) is 39.0 Å². The molecule has 2 aromatic carbocycles.